The molecule has 0 amide bonds. The van der Waals surface area contributed by atoms with Gasteiger partial charge in [0.05, 0.1) is 0 Å². The molecule has 0 saturated heterocycles. The Morgan fingerprint density at radius 1 is 0.576 bits per heavy atom. The van der Waals surface area contributed by atoms with Crippen molar-refractivity contribution in [3.8, 4) is 17.2 Å². The molecule has 0 fully saturated rings. The van der Waals surface area contributed by atoms with Crippen molar-refractivity contribution in [2.45, 2.75) is 78.4 Å². The number of aromatic hydroxyl groups is 1. The van der Waals surface area contributed by atoms with Gasteiger partial charge < -0.3 is 14.6 Å². The molecular weight excluding hydrogens is 408 g/mol. The number of unbranched alkanes of at least 4 members (excludes halogenated alkanes) is 4. The number of benzene rings is 3. The van der Waals surface area contributed by atoms with Gasteiger partial charge in [0, 0.05) is 5.56 Å². The maximum Gasteiger partial charge on any atom is 0.123 e. The second kappa shape index (κ2) is 13.6. The Labute approximate surface area is 199 Å². The van der Waals surface area contributed by atoms with Crippen molar-refractivity contribution in [1.82, 2.24) is 0 Å². The zero-order valence-electron chi connectivity index (χ0n) is 20.2. The number of hydrogen-bond donors (Lipinski definition) is 1. The number of phenols is 1. The van der Waals surface area contributed by atoms with Crippen molar-refractivity contribution in [2.75, 3.05) is 0 Å². The van der Waals surface area contributed by atoms with Gasteiger partial charge in [-0.2, -0.15) is 0 Å². The zero-order valence-corrected chi connectivity index (χ0v) is 20.2. The highest BCUT2D eigenvalue weighted by molar-refractivity contribution is 5.41. The van der Waals surface area contributed by atoms with Crippen LogP contribution in [0, 0.1) is 0 Å². The summed E-state index contributed by atoms with van der Waals surface area (Å²) in [4.78, 5) is 0. The second-order valence-electron chi connectivity index (χ2n) is 8.62. The van der Waals surface area contributed by atoms with Crippen LogP contribution >= 0.6 is 0 Å². The highest BCUT2D eigenvalue weighted by atomic mass is 16.5. The first-order valence-electron chi connectivity index (χ1n) is 12.4. The minimum absolute atomic E-state index is 0.246. The van der Waals surface area contributed by atoms with Gasteiger partial charge in [-0.1, -0.05) is 88.1 Å². The van der Waals surface area contributed by atoms with Crippen LogP contribution in [0.25, 0.3) is 0 Å². The summed E-state index contributed by atoms with van der Waals surface area (Å²) in [5.74, 6) is 2.06. The van der Waals surface area contributed by atoms with Crippen LogP contribution in [0.3, 0.4) is 0 Å². The topological polar surface area (TPSA) is 38.7 Å². The summed E-state index contributed by atoms with van der Waals surface area (Å²) < 4.78 is 12.4. The van der Waals surface area contributed by atoms with Gasteiger partial charge in [0.25, 0.3) is 0 Å². The van der Waals surface area contributed by atoms with Crippen molar-refractivity contribution in [1.29, 1.82) is 0 Å². The molecule has 0 heterocycles. The van der Waals surface area contributed by atoms with Crippen LogP contribution in [0.4, 0.5) is 0 Å². The Morgan fingerprint density at radius 2 is 1.09 bits per heavy atom. The molecule has 3 nitrogen and oxygen atoms in total. The molecule has 0 aliphatic carbocycles. The largest absolute Gasteiger partial charge is 0.508 e. The van der Waals surface area contributed by atoms with Crippen LogP contribution in [-0.4, -0.2) is 5.11 Å². The molecule has 0 spiro atoms. The van der Waals surface area contributed by atoms with E-state index in [2.05, 4.69) is 38.1 Å². The van der Waals surface area contributed by atoms with Gasteiger partial charge in [-0.15, -0.1) is 0 Å². The van der Waals surface area contributed by atoms with Gasteiger partial charge in [0.1, 0.15) is 30.5 Å². The van der Waals surface area contributed by atoms with Crippen LogP contribution < -0.4 is 9.47 Å². The lowest BCUT2D eigenvalue weighted by Gasteiger charge is -2.16. The van der Waals surface area contributed by atoms with E-state index in [0.717, 1.165) is 41.9 Å². The van der Waals surface area contributed by atoms with Crippen LogP contribution in [0.15, 0.2) is 66.7 Å². The minimum Gasteiger partial charge on any atom is -0.508 e. The summed E-state index contributed by atoms with van der Waals surface area (Å²) in [6.45, 7) is 5.15. The van der Waals surface area contributed by atoms with Crippen molar-refractivity contribution in [2.24, 2.45) is 0 Å². The number of aryl methyl sites for hydroxylation is 2. The first-order chi connectivity index (χ1) is 16.2. The molecule has 3 aromatic rings. The van der Waals surface area contributed by atoms with Crippen molar-refractivity contribution in [3.05, 3.63) is 89.0 Å². The highest BCUT2D eigenvalue weighted by Gasteiger charge is 2.12. The summed E-state index contributed by atoms with van der Waals surface area (Å²) in [6.07, 6.45) is 9.20. The molecule has 0 aliphatic rings. The lowest BCUT2D eigenvalue weighted by atomic mass is 10.1. The first-order valence-corrected chi connectivity index (χ1v) is 12.4. The van der Waals surface area contributed by atoms with Crippen LogP contribution in [0.1, 0.15) is 74.6 Å². The van der Waals surface area contributed by atoms with Gasteiger partial charge in [0.15, 0.2) is 0 Å². The molecule has 0 bridgehead atoms. The molecule has 0 aliphatic heterocycles. The van der Waals surface area contributed by atoms with Gasteiger partial charge in [-0.3, -0.25) is 0 Å². The third kappa shape index (κ3) is 7.56. The van der Waals surface area contributed by atoms with Gasteiger partial charge >= 0.3 is 0 Å². The summed E-state index contributed by atoms with van der Waals surface area (Å²) in [5.41, 5.74) is 4.19. The average molecular weight is 447 g/mol. The SMILES string of the molecule is CCCCCc1ccccc1OCc1cccc(O)c1COc1ccccc1CCCCC. The smallest absolute Gasteiger partial charge is 0.123 e. The van der Waals surface area contributed by atoms with Crippen LogP contribution in [0.2, 0.25) is 0 Å². The van der Waals surface area contributed by atoms with E-state index in [9.17, 15) is 5.11 Å². The fraction of sp³-hybridized carbons (Fsp3) is 0.400. The summed E-state index contributed by atoms with van der Waals surface area (Å²) in [7, 11) is 0. The third-order valence-corrected chi connectivity index (χ3v) is 6.05. The normalized spacial score (nSPS) is 10.8. The minimum atomic E-state index is 0.246. The predicted molar refractivity (Wildman–Crippen MR) is 136 cm³/mol. The van der Waals surface area contributed by atoms with E-state index in [-0.39, 0.29) is 5.75 Å². The molecule has 3 rings (SSSR count). The van der Waals surface area contributed by atoms with E-state index in [0.29, 0.717) is 13.2 Å². The number of hydrogen-bond acceptors (Lipinski definition) is 3. The van der Waals surface area contributed by atoms with Crippen LogP contribution in [-0.2, 0) is 26.1 Å². The van der Waals surface area contributed by atoms with Crippen molar-refractivity contribution < 1.29 is 14.6 Å². The van der Waals surface area contributed by atoms with E-state index in [4.69, 9.17) is 9.47 Å². The lowest BCUT2D eigenvalue weighted by molar-refractivity contribution is 0.277. The predicted octanol–water partition coefficient (Wildman–Crippen LogP) is 8.02. The van der Waals surface area contributed by atoms with Crippen molar-refractivity contribution in [3.63, 3.8) is 0 Å². The second-order valence-corrected chi connectivity index (χ2v) is 8.62. The van der Waals surface area contributed by atoms with E-state index >= 15 is 0 Å². The van der Waals surface area contributed by atoms with Crippen molar-refractivity contribution >= 4 is 0 Å². The number of para-hydroxylation sites is 2. The van der Waals surface area contributed by atoms with E-state index in [1.54, 1.807) is 6.07 Å². The molecule has 0 aromatic heterocycles. The molecule has 0 radical (unpaired) electrons. The molecule has 3 heteroatoms. The molecule has 176 valence electrons. The Hall–Kier alpha value is -2.94. The Kier molecular flexibility index (Phi) is 10.2. The third-order valence-electron chi connectivity index (χ3n) is 6.05. The van der Waals surface area contributed by atoms with E-state index in [1.165, 1.54) is 43.2 Å². The molecule has 0 unspecified atom stereocenters. The maximum absolute atomic E-state index is 10.6. The summed E-state index contributed by atoms with van der Waals surface area (Å²) >= 11 is 0. The number of phenolic OH excluding ortho intramolecular Hbond substituents is 1. The molecular formula is C30H38O3. The molecule has 1 N–H and O–H groups in total. The summed E-state index contributed by atoms with van der Waals surface area (Å²) in [6, 6.07) is 22.1. The Bertz CT molecular complexity index is 980. The monoisotopic (exact) mass is 446 g/mol. The summed E-state index contributed by atoms with van der Waals surface area (Å²) in [5, 5.41) is 10.6. The standard InChI is InChI=1S/C30H38O3/c1-3-5-7-14-24-16-9-11-20-29(24)32-22-26-18-13-19-28(31)27(26)23-33-30-21-12-10-17-25(30)15-8-6-4-2/h9-13,16-21,31H,3-8,14-15,22-23H2,1-2H3. The Balaban J connectivity index is 1.68. The average Bonchev–Trinajstić information content (AvgIpc) is 2.84. The van der Waals surface area contributed by atoms with E-state index in [1.807, 2.05) is 36.4 Å². The molecule has 3 aromatic carbocycles. The number of rotatable bonds is 14. The molecule has 0 saturated carbocycles. The zero-order chi connectivity index (χ0) is 23.3. The highest BCUT2D eigenvalue weighted by Crippen LogP contribution is 2.28. The van der Waals surface area contributed by atoms with Gasteiger partial charge in [-0.05, 0) is 60.6 Å². The molecule has 33 heavy (non-hydrogen) atoms. The molecule has 0 atom stereocenters. The first kappa shape index (κ1) is 24.7. The fourth-order valence-corrected chi connectivity index (χ4v) is 4.06. The van der Waals surface area contributed by atoms with Gasteiger partial charge in [-0.25, -0.2) is 0 Å². The Morgan fingerprint density at radius 3 is 1.67 bits per heavy atom. The van der Waals surface area contributed by atoms with E-state index < -0.39 is 0 Å². The lowest BCUT2D eigenvalue weighted by Crippen LogP contribution is -2.06. The van der Waals surface area contributed by atoms with Crippen LogP contribution in [0.5, 0.6) is 17.2 Å². The van der Waals surface area contributed by atoms with Gasteiger partial charge in [0.2, 0.25) is 0 Å². The quantitative estimate of drug-likeness (QED) is 0.255. The number of ether oxygens (including phenoxy) is 2. The maximum atomic E-state index is 10.6. The fourth-order valence-electron chi connectivity index (χ4n) is 4.06.